The molecule has 3 rings (SSSR count). The topological polar surface area (TPSA) is 0 Å². The van der Waals surface area contributed by atoms with Gasteiger partial charge in [-0.1, -0.05) is 36.5 Å². The van der Waals surface area contributed by atoms with Gasteiger partial charge in [-0.2, -0.15) is 0 Å². The highest BCUT2D eigenvalue weighted by Crippen LogP contribution is 2.43. The van der Waals surface area contributed by atoms with Crippen molar-refractivity contribution in [3.8, 4) is 0 Å². The summed E-state index contributed by atoms with van der Waals surface area (Å²) in [5.41, 5.74) is 3.07. The summed E-state index contributed by atoms with van der Waals surface area (Å²) >= 11 is 0. The molecule has 0 amide bonds. The normalized spacial score (nSPS) is 38.4. The summed E-state index contributed by atoms with van der Waals surface area (Å²) in [5, 5.41) is 0. The van der Waals surface area contributed by atoms with Crippen LogP contribution >= 0.6 is 0 Å². The van der Waals surface area contributed by atoms with Crippen LogP contribution in [-0.4, -0.2) is 0 Å². The van der Waals surface area contributed by atoms with Gasteiger partial charge >= 0.3 is 0 Å². The van der Waals surface area contributed by atoms with Crippen molar-refractivity contribution < 1.29 is 0 Å². The maximum Gasteiger partial charge on any atom is 0.0179 e. The van der Waals surface area contributed by atoms with Crippen LogP contribution in [0, 0.1) is 11.8 Å². The lowest BCUT2D eigenvalue weighted by Crippen LogP contribution is -1.93. The molecule has 0 fully saturated rings. The molecule has 3 aliphatic carbocycles. The molecule has 2 unspecified atom stereocenters. The first kappa shape index (κ1) is 4.73. The Hall–Kier alpha value is -1.04. The summed E-state index contributed by atoms with van der Waals surface area (Å²) in [6.07, 6.45) is 13.6. The number of hydrogen-bond acceptors (Lipinski definition) is 0. The van der Waals surface area contributed by atoms with E-state index in [2.05, 4.69) is 36.5 Å². The van der Waals surface area contributed by atoms with Crippen LogP contribution in [0.25, 0.3) is 0 Å². The molecule has 0 radical (unpaired) electrons. The monoisotopic (exact) mass is 128 g/mol. The van der Waals surface area contributed by atoms with Crippen LogP contribution in [0.15, 0.2) is 47.6 Å². The lowest BCUT2D eigenvalue weighted by atomic mass is 10.0. The molecule has 0 nitrogen and oxygen atoms in total. The minimum absolute atomic E-state index is 0.648. The standard InChI is InChI=1S/C10H8/c1-2-8-5-6-9-4-3-7(1)10(8)9/h1-8H. The van der Waals surface area contributed by atoms with E-state index in [9.17, 15) is 0 Å². The summed E-state index contributed by atoms with van der Waals surface area (Å²) in [5.74, 6) is 1.30. The van der Waals surface area contributed by atoms with Crippen molar-refractivity contribution in [3.63, 3.8) is 0 Å². The van der Waals surface area contributed by atoms with E-state index in [1.807, 2.05) is 0 Å². The zero-order valence-electron chi connectivity index (χ0n) is 5.62. The van der Waals surface area contributed by atoms with Gasteiger partial charge in [-0.25, -0.2) is 0 Å². The van der Waals surface area contributed by atoms with Gasteiger partial charge in [0.25, 0.3) is 0 Å². The van der Waals surface area contributed by atoms with Crippen LogP contribution in [0.5, 0.6) is 0 Å². The number of hydrogen-bond donors (Lipinski definition) is 0. The SMILES string of the molecule is C1=CC2C=CC3C=CC1=C23. The Kier molecular flexibility index (Phi) is 0.634. The van der Waals surface area contributed by atoms with Crippen LogP contribution in [0.3, 0.4) is 0 Å². The van der Waals surface area contributed by atoms with E-state index >= 15 is 0 Å². The Labute approximate surface area is 60.2 Å². The molecule has 0 N–H and O–H groups in total. The Bertz CT molecular complexity index is 272. The minimum atomic E-state index is 0.648. The summed E-state index contributed by atoms with van der Waals surface area (Å²) in [4.78, 5) is 0. The molecule has 0 spiro atoms. The molecule has 3 aliphatic rings. The van der Waals surface area contributed by atoms with Crippen molar-refractivity contribution in [1.29, 1.82) is 0 Å². The van der Waals surface area contributed by atoms with Crippen molar-refractivity contribution >= 4 is 0 Å². The molecular formula is C10H8. The zero-order valence-corrected chi connectivity index (χ0v) is 5.62. The molecule has 0 heterocycles. The third-order valence-electron chi connectivity index (χ3n) is 2.54. The second-order valence-corrected chi connectivity index (χ2v) is 3.07. The number of rotatable bonds is 0. The first-order valence-electron chi connectivity index (χ1n) is 3.74. The predicted octanol–water partition coefficient (Wildman–Crippen LogP) is 2.22. The molecule has 0 aromatic carbocycles. The van der Waals surface area contributed by atoms with Crippen LogP contribution in [0.1, 0.15) is 0 Å². The summed E-state index contributed by atoms with van der Waals surface area (Å²) in [6, 6.07) is 0. The van der Waals surface area contributed by atoms with E-state index in [1.165, 1.54) is 5.57 Å². The maximum atomic E-state index is 2.30. The first-order chi connectivity index (χ1) is 4.95. The van der Waals surface area contributed by atoms with Crippen LogP contribution in [-0.2, 0) is 0 Å². The molecule has 0 heteroatoms. The molecule has 0 saturated carbocycles. The van der Waals surface area contributed by atoms with Gasteiger partial charge in [0, 0.05) is 11.8 Å². The highest BCUT2D eigenvalue weighted by molar-refractivity contribution is 5.56. The first-order valence-corrected chi connectivity index (χ1v) is 3.74. The third kappa shape index (κ3) is 0.367. The summed E-state index contributed by atoms with van der Waals surface area (Å²) < 4.78 is 0. The van der Waals surface area contributed by atoms with Crippen molar-refractivity contribution in [3.05, 3.63) is 47.6 Å². The smallest absolute Gasteiger partial charge is 0.0179 e. The van der Waals surface area contributed by atoms with Crippen LogP contribution in [0.2, 0.25) is 0 Å². The lowest BCUT2D eigenvalue weighted by molar-refractivity contribution is 0.915. The summed E-state index contributed by atoms with van der Waals surface area (Å²) in [6.45, 7) is 0. The molecule has 2 atom stereocenters. The van der Waals surface area contributed by atoms with Gasteiger partial charge in [0.05, 0.1) is 0 Å². The van der Waals surface area contributed by atoms with Crippen molar-refractivity contribution in [1.82, 2.24) is 0 Å². The molecule has 0 bridgehead atoms. The number of allylic oxidation sites excluding steroid dienone is 8. The van der Waals surface area contributed by atoms with Gasteiger partial charge < -0.3 is 0 Å². The van der Waals surface area contributed by atoms with Crippen molar-refractivity contribution in [2.24, 2.45) is 11.8 Å². The fourth-order valence-electron chi connectivity index (χ4n) is 2.05. The van der Waals surface area contributed by atoms with Crippen molar-refractivity contribution in [2.45, 2.75) is 0 Å². The summed E-state index contributed by atoms with van der Waals surface area (Å²) in [7, 11) is 0. The fraction of sp³-hybridized carbons (Fsp3) is 0.200. The van der Waals surface area contributed by atoms with Gasteiger partial charge in [0.2, 0.25) is 0 Å². The van der Waals surface area contributed by atoms with Gasteiger partial charge in [0.1, 0.15) is 0 Å². The van der Waals surface area contributed by atoms with E-state index in [1.54, 1.807) is 5.57 Å². The van der Waals surface area contributed by atoms with Gasteiger partial charge in [-0.05, 0) is 11.1 Å². The highest BCUT2D eigenvalue weighted by Gasteiger charge is 2.29. The minimum Gasteiger partial charge on any atom is -0.0766 e. The molecule has 0 saturated heterocycles. The highest BCUT2D eigenvalue weighted by atomic mass is 14.3. The Morgan fingerprint density at radius 3 is 2.00 bits per heavy atom. The van der Waals surface area contributed by atoms with Crippen molar-refractivity contribution in [2.75, 3.05) is 0 Å². The maximum absolute atomic E-state index is 2.30. The molecule has 0 aromatic heterocycles. The van der Waals surface area contributed by atoms with Crippen LogP contribution in [0.4, 0.5) is 0 Å². The Balaban J connectivity index is 2.29. The van der Waals surface area contributed by atoms with Gasteiger partial charge in [-0.3, -0.25) is 0 Å². The van der Waals surface area contributed by atoms with E-state index in [4.69, 9.17) is 0 Å². The average molecular weight is 128 g/mol. The van der Waals surface area contributed by atoms with E-state index in [0.29, 0.717) is 11.8 Å². The Morgan fingerprint density at radius 2 is 1.40 bits per heavy atom. The second kappa shape index (κ2) is 1.34. The quantitative estimate of drug-likeness (QED) is 0.439. The fourth-order valence-corrected chi connectivity index (χ4v) is 2.05. The average Bonchev–Trinajstić information content (AvgIpc) is 2.56. The largest absolute Gasteiger partial charge is 0.0766 e. The molecule has 48 valence electrons. The molecule has 10 heavy (non-hydrogen) atoms. The third-order valence-corrected chi connectivity index (χ3v) is 2.54. The zero-order chi connectivity index (χ0) is 6.55. The molecule has 0 aromatic rings. The van der Waals surface area contributed by atoms with Crippen LogP contribution < -0.4 is 0 Å². The van der Waals surface area contributed by atoms with Gasteiger partial charge in [-0.15, -0.1) is 0 Å². The van der Waals surface area contributed by atoms with E-state index in [-0.39, 0.29) is 0 Å². The van der Waals surface area contributed by atoms with E-state index < -0.39 is 0 Å². The lowest BCUT2D eigenvalue weighted by Gasteiger charge is -2.03. The predicted molar refractivity (Wildman–Crippen MR) is 41.4 cm³/mol. The van der Waals surface area contributed by atoms with E-state index in [0.717, 1.165) is 0 Å². The second-order valence-electron chi connectivity index (χ2n) is 3.07. The van der Waals surface area contributed by atoms with Gasteiger partial charge in [0.15, 0.2) is 0 Å². The molecular weight excluding hydrogens is 120 g/mol. The molecule has 0 aliphatic heterocycles. The Morgan fingerprint density at radius 1 is 0.800 bits per heavy atom.